The minimum atomic E-state index is -0.298. The van der Waals surface area contributed by atoms with Gasteiger partial charge in [0.15, 0.2) is 0 Å². The smallest absolute Gasteiger partial charge is 0.314 e. The van der Waals surface area contributed by atoms with Gasteiger partial charge in [0.25, 0.3) is 0 Å². The number of rotatable bonds is 9. The normalized spacial score (nSPS) is 11.9. The number of carbonyl (C=O) groups excluding carboxylic acids is 1. The summed E-state index contributed by atoms with van der Waals surface area (Å²) >= 11 is 0. The molecule has 0 bridgehead atoms. The van der Waals surface area contributed by atoms with E-state index in [-0.39, 0.29) is 23.7 Å². The van der Waals surface area contributed by atoms with Gasteiger partial charge in [-0.05, 0) is 50.3 Å². The molecule has 7 heteroatoms. The van der Waals surface area contributed by atoms with Crippen molar-refractivity contribution in [1.29, 1.82) is 0 Å². The lowest BCUT2D eigenvalue weighted by atomic mass is 10.1. The van der Waals surface area contributed by atoms with Crippen LogP contribution >= 0.6 is 0 Å². The van der Waals surface area contributed by atoms with Crippen molar-refractivity contribution in [1.82, 2.24) is 15.5 Å². The van der Waals surface area contributed by atoms with Crippen LogP contribution in [0.4, 0.5) is 19.3 Å². The largest absolute Gasteiger partial charge is 0.372 e. The molecule has 0 aliphatic heterocycles. The van der Waals surface area contributed by atoms with E-state index in [0.29, 0.717) is 31.7 Å². The number of para-hydroxylation sites is 1. The summed E-state index contributed by atoms with van der Waals surface area (Å²) in [6.45, 7) is 1.44. The van der Waals surface area contributed by atoms with Crippen LogP contribution in [-0.2, 0) is 0 Å². The van der Waals surface area contributed by atoms with Crippen LogP contribution in [0.5, 0.6) is 0 Å². The molecule has 0 aromatic heterocycles. The predicted octanol–water partition coefficient (Wildman–Crippen LogP) is 3.39. The first-order chi connectivity index (χ1) is 13.4. The molecule has 0 aliphatic rings. The molecule has 0 saturated carbocycles. The summed E-state index contributed by atoms with van der Waals surface area (Å²) in [5.74, 6) is -0.560. The highest BCUT2D eigenvalue weighted by atomic mass is 19.1. The molecule has 152 valence electrons. The highest BCUT2D eigenvalue weighted by Gasteiger charge is 2.15. The summed E-state index contributed by atoms with van der Waals surface area (Å²) in [5.41, 5.74) is 1.34. The van der Waals surface area contributed by atoms with Crippen LogP contribution in [0.15, 0.2) is 48.5 Å². The number of amides is 2. The summed E-state index contributed by atoms with van der Waals surface area (Å²) < 4.78 is 27.2. The van der Waals surface area contributed by atoms with Crippen molar-refractivity contribution in [2.75, 3.05) is 45.7 Å². The van der Waals surface area contributed by atoms with Gasteiger partial charge in [0.1, 0.15) is 11.6 Å². The van der Waals surface area contributed by atoms with Crippen LogP contribution < -0.4 is 15.5 Å². The van der Waals surface area contributed by atoms with Crippen molar-refractivity contribution < 1.29 is 13.6 Å². The Kier molecular flexibility index (Phi) is 8.19. The molecule has 0 spiro atoms. The quantitative estimate of drug-likeness (QED) is 0.646. The van der Waals surface area contributed by atoms with E-state index in [1.807, 2.05) is 37.0 Å². The molecule has 0 aliphatic carbocycles. The second kappa shape index (κ2) is 10.6. The van der Waals surface area contributed by atoms with Gasteiger partial charge in [-0.15, -0.1) is 0 Å². The van der Waals surface area contributed by atoms with Gasteiger partial charge in [-0.1, -0.05) is 24.3 Å². The number of hydrogen-bond acceptors (Lipinski definition) is 3. The monoisotopic (exact) mass is 390 g/mol. The van der Waals surface area contributed by atoms with E-state index in [1.165, 1.54) is 18.2 Å². The van der Waals surface area contributed by atoms with Crippen LogP contribution in [0.3, 0.4) is 0 Å². The molecule has 28 heavy (non-hydrogen) atoms. The van der Waals surface area contributed by atoms with Gasteiger partial charge in [0.05, 0.1) is 11.7 Å². The number of likely N-dealkylation sites (N-methyl/N-ethyl adjacent to an activating group) is 1. The molecule has 0 heterocycles. The molecular weight excluding hydrogens is 362 g/mol. The Labute approximate surface area is 165 Å². The third kappa shape index (κ3) is 6.49. The van der Waals surface area contributed by atoms with E-state index < -0.39 is 0 Å². The third-order valence-electron chi connectivity index (χ3n) is 4.53. The maximum absolute atomic E-state index is 13.7. The highest BCUT2D eigenvalue weighted by Crippen LogP contribution is 2.18. The first-order valence-electron chi connectivity index (χ1n) is 9.27. The van der Waals surface area contributed by atoms with Gasteiger partial charge in [-0.25, -0.2) is 13.6 Å². The molecule has 0 fully saturated rings. The van der Waals surface area contributed by atoms with Crippen molar-refractivity contribution in [2.45, 2.75) is 12.5 Å². The molecular formula is C21H28F2N4O. The average Bonchev–Trinajstić information content (AvgIpc) is 2.65. The first kappa shape index (κ1) is 21.6. The Balaban J connectivity index is 1.74. The van der Waals surface area contributed by atoms with Crippen molar-refractivity contribution in [3.05, 3.63) is 65.7 Å². The van der Waals surface area contributed by atoms with Gasteiger partial charge in [-0.3, -0.25) is 0 Å². The molecule has 2 aromatic rings. The lowest BCUT2D eigenvalue weighted by molar-refractivity contribution is 0.232. The summed E-state index contributed by atoms with van der Waals surface area (Å²) in [5, 5.41) is 5.62. The molecule has 0 radical (unpaired) electrons. The Bertz CT molecular complexity index is 770. The Morgan fingerprint density at radius 1 is 1.04 bits per heavy atom. The average molecular weight is 390 g/mol. The fourth-order valence-corrected chi connectivity index (χ4v) is 2.96. The zero-order valence-corrected chi connectivity index (χ0v) is 16.6. The molecule has 2 aromatic carbocycles. The second-order valence-electron chi connectivity index (χ2n) is 6.90. The Morgan fingerprint density at radius 2 is 1.79 bits per heavy atom. The van der Waals surface area contributed by atoms with Gasteiger partial charge in [0.2, 0.25) is 0 Å². The molecule has 0 saturated heterocycles. The van der Waals surface area contributed by atoms with Crippen LogP contribution in [0.2, 0.25) is 0 Å². The number of nitrogens with one attached hydrogen (secondary N) is 2. The molecule has 2 N–H and O–H groups in total. The van der Waals surface area contributed by atoms with Crippen LogP contribution in [0, 0.1) is 11.6 Å². The van der Waals surface area contributed by atoms with Gasteiger partial charge in [-0.2, -0.15) is 0 Å². The van der Waals surface area contributed by atoms with Crippen molar-refractivity contribution >= 4 is 11.7 Å². The topological polar surface area (TPSA) is 47.6 Å². The number of halogens is 2. The van der Waals surface area contributed by atoms with Crippen molar-refractivity contribution in [3.63, 3.8) is 0 Å². The van der Waals surface area contributed by atoms with Gasteiger partial charge < -0.3 is 20.4 Å². The zero-order valence-electron chi connectivity index (χ0n) is 16.6. The van der Waals surface area contributed by atoms with Crippen LogP contribution in [0.25, 0.3) is 0 Å². The van der Waals surface area contributed by atoms with Crippen molar-refractivity contribution in [3.8, 4) is 0 Å². The number of carbonyl (C=O) groups is 1. The Hall–Kier alpha value is -2.67. The molecule has 5 nitrogen and oxygen atoms in total. The minimum absolute atomic E-state index is 0.131. The van der Waals surface area contributed by atoms with Crippen molar-refractivity contribution in [2.24, 2.45) is 0 Å². The third-order valence-corrected chi connectivity index (χ3v) is 4.53. The molecule has 2 rings (SSSR count). The van der Waals surface area contributed by atoms with Crippen LogP contribution in [0.1, 0.15) is 18.0 Å². The Morgan fingerprint density at radius 3 is 2.46 bits per heavy atom. The summed E-state index contributed by atoms with van der Waals surface area (Å²) in [4.78, 5) is 15.8. The maximum Gasteiger partial charge on any atom is 0.314 e. The number of urea groups is 1. The zero-order chi connectivity index (χ0) is 20.5. The summed E-state index contributed by atoms with van der Waals surface area (Å²) in [6.07, 6.45) is 0.680. The fraction of sp³-hybridized carbons (Fsp3) is 0.381. The van der Waals surface area contributed by atoms with E-state index in [2.05, 4.69) is 10.6 Å². The van der Waals surface area contributed by atoms with E-state index in [1.54, 1.807) is 24.3 Å². The van der Waals surface area contributed by atoms with Crippen LogP contribution in [-0.4, -0.2) is 51.7 Å². The molecule has 1 unspecified atom stereocenters. The number of benzene rings is 2. The van der Waals surface area contributed by atoms with E-state index in [0.717, 1.165) is 5.56 Å². The number of nitrogens with zero attached hydrogens (tertiary/aromatic N) is 2. The number of anilines is 1. The SMILES string of the molecule is CN(CCCNC(=O)NCC(c1cccc(F)c1)N(C)C)c1ccccc1F. The van der Waals surface area contributed by atoms with E-state index >= 15 is 0 Å². The highest BCUT2D eigenvalue weighted by molar-refractivity contribution is 5.73. The predicted molar refractivity (Wildman–Crippen MR) is 109 cm³/mol. The molecule has 2 amide bonds. The summed E-state index contributed by atoms with van der Waals surface area (Å²) in [6, 6.07) is 12.6. The van der Waals surface area contributed by atoms with E-state index in [9.17, 15) is 13.6 Å². The summed E-state index contributed by atoms with van der Waals surface area (Å²) in [7, 11) is 5.58. The lowest BCUT2D eigenvalue weighted by Crippen LogP contribution is -2.41. The lowest BCUT2D eigenvalue weighted by Gasteiger charge is -2.25. The van der Waals surface area contributed by atoms with Gasteiger partial charge in [0, 0.05) is 26.7 Å². The number of hydrogen-bond donors (Lipinski definition) is 2. The molecule has 1 atom stereocenters. The second-order valence-corrected chi connectivity index (χ2v) is 6.90. The fourth-order valence-electron chi connectivity index (χ4n) is 2.96. The first-order valence-corrected chi connectivity index (χ1v) is 9.27. The maximum atomic E-state index is 13.7. The van der Waals surface area contributed by atoms with Gasteiger partial charge >= 0.3 is 6.03 Å². The standard InChI is InChI=1S/C21H28F2N4O/c1-26(2)20(16-8-6-9-17(22)14-16)15-25-21(28)24-12-7-13-27(3)19-11-5-4-10-18(19)23/h4-6,8-11,14,20H,7,12-13,15H2,1-3H3,(H2,24,25,28). The minimum Gasteiger partial charge on any atom is -0.372 e. The van der Waals surface area contributed by atoms with E-state index in [4.69, 9.17) is 0 Å².